The summed E-state index contributed by atoms with van der Waals surface area (Å²) in [5.74, 6) is 2.80. The maximum absolute atomic E-state index is 5.19. The number of hydrogen-bond acceptors (Lipinski definition) is 3. The molecule has 0 radical (unpaired) electrons. The fourth-order valence-electron chi connectivity index (χ4n) is 3.45. The highest BCUT2D eigenvalue weighted by Gasteiger charge is 2.14. The monoisotopic (exact) mass is 448 g/mol. The number of aryl methyl sites for hydroxylation is 2. The Kier molecular flexibility index (Phi) is 10.4. The smallest absolute Gasteiger partial charge is 0.190 e. The number of guanidine groups is 1. The molecule has 1 saturated carbocycles. The summed E-state index contributed by atoms with van der Waals surface area (Å²) in [6.07, 6.45) is 10.7. The minimum atomic E-state index is 0. The first-order chi connectivity index (χ1) is 11.2. The Morgan fingerprint density at radius 3 is 2.50 bits per heavy atom. The van der Waals surface area contributed by atoms with Gasteiger partial charge in [0.1, 0.15) is 5.76 Å². The standard InChI is InChI=1S/C18H32N4O.HI/c1-14-17(15(2)23-22-14)11-13-21-18(19-3)20-12-7-6-10-16-8-4-5-9-16;/h16H,4-13H2,1-3H3,(H2,19,20,21);1H. The van der Waals surface area contributed by atoms with Crippen LogP contribution < -0.4 is 10.6 Å². The maximum atomic E-state index is 5.19. The van der Waals surface area contributed by atoms with Gasteiger partial charge in [-0.15, -0.1) is 24.0 Å². The van der Waals surface area contributed by atoms with Gasteiger partial charge >= 0.3 is 0 Å². The summed E-state index contributed by atoms with van der Waals surface area (Å²) in [6.45, 7) is 5.79. The Morgan fingerprint density at radius 2 is 1.88 bits per heavy atom. The van der Waals surface area contributed by atoms with Crippen LogP contribution in [0.3, 0.4) is 0 Å². The van der Waals surface area contributed by atoms with E-state index in [-0.39, 0.29) is 24.0 Å². The van der Waals surface area contributed by atoms with Gasteiger partial charge in [0.05, 0.1) is 5.69 Å². The first-order valence-electron chi connectivity index (χ1n) is 9.07. The van der Waals surface area contributed by atoms with Crippen molar-refractivity contribution in [1.29, 1.82) is 0 Å². The largest absolute Gasteiger partial charge is 0.361 e. The van der Waals surface area contributed by atoms with E-state index in [4.69, 9.17) is 4.52 Å². The molecule has 138 valence electrons. The first-order valence-corrected chi connectivity index (χ1v) is 9.07. The van der Waals surface area contributed by atoms with Crippen LogP contribution in [0.15, 0.2) is 9.52 Å². The van der Waals surface area contributed by atoms with Crippen LogP contribution in [0, 0.1) is 19.8 Å². The molecule has 1 fully saturated rings. The number of nitrogens with zero attached hydrogens (tertiary/aromatic N) is 2. The third kappa shape index (κ3) is 6.99. The van der Waals surface area contributed by atoms with E-state index >= 15 is 0 Å². The van der Waals surface area contributed by atoms with Crippen molar-refractivity contribution in [3.63, 3.8) is 0 Å². The highest BCUT2D eigenvalue weighted by Crippen LogP contribution is 2.28. The number of aromatic nitrogens is 1. The highest BCUT2D eigenvalue weighted by molar-refractivity contribution is 14.0. The molecule has 0 bridgehead atoms. The summed E-state index contributed by atoms with van der Waals surface area (Å²) in [4.78, 5) is 4.28. The molecule has 0 unspecified atom stereocenters. The summed E-state index contributed by atoms with van der Waals surface area (Å²) in [7, 11) is 1.82. The Morgan fingerprint density at radius 1 is 1.17 bits per heavy atom. The summed E-state index contributed by atoms with van der Waals surface area (Å²) in [5.41, 5.74) is 2.18. The topological polar surface area (TPSA) is 62.5 Å². The Balaban J connectivity index is 0.00000288. The second-order valence-electron chi connectivity index (χ2n) is 6.62. The van der Waals surface area contributed by atoms with Crippen LogP contribution in [0.2, 0.25) is 0 Å². The van der Waals surface area contributed by atoms with Gasteiger partial charge in [0.15, 0.2) is 5.96 Å². The molecule has 1 aromatic heterocycles. The zero-order valence-corrected chi connectivity index (χ0v) is 17.7. The third-order valence-corrected chi connectivity index (χ3v) is 4.88. The van der Waals surface area contributed by atoms with Crippen LogP contribution in [-0.4, -0.2) is 31.3 Å². The Labute approximate surface area is 163 Å². The zero-order chi connectivity index (χ0) is 16.5. The molecule has 1 aromatic rings. The second kappa shape index (κ2) is 11.7. The fraction of sp³-hybridized carbons (Fsp3) is 0.778. The summed E-state index contributed by atoms with van der Waals surface area (Å²) in [5, 5.41) is 10.8. The number of hydrogen-bond donors (Lipinski definition) is 2. The van der Waals surface area contributed by atoms with Gasteiger partial charge in [0.25, 0.3) is 0 Å². The van der Waals surface area contributed by atoms with Crippen molar-refractivity contribution < 1.29 is 4.52 Å². The van der Waals surface area contributed by atoms with Crippen molar-refractivity contribution in [3.8, 4) is 0 Å². The summed E-state index contributed by atoms with van der Waals surface area (Å²) >= 11 is 0. The molecule has 0 spiro atoms. The van der Waals surface area contributed by atoms with E-state index in [2.05, 4.69) is 20.8 Å². The average molecular weight is 448 g/mol. The minimum absolute atomic E-state index is 0. The van der Waals surface area contributed by atoms with Crippen LogP contribution in [0.1, 0.15) is 62.0 Å². The van der Waals surface area contributed by atoms with Crippen LogP contribution in [0.4, 0.5) is 0 Å². The van der Waals surface area contributed by atoms with Crippen molar-refractivity contribution in [3.05, 3.63) is 17.0 Å². The molecule has 2 N–H and O–H groups in total. The molecular formula is C18H33IN4O. The molecule has 24 heavy (non-hydrogen) atoms. The highest BCUT2D eigenvalue weighted by atomic mass is 127. The van der Waals surface area contributed by atoms with Gasteiger partial charge in [-0.25, -0.2) is 0 Å². The van der Waals surface area contributed by atoms with Crippen molar-refractivity contribution >= 4 is 29.9 Å². The molecule has 1 aliphatic rings. The molecule has 2 rings (SSSR count). The van der Waals surface area contributed by atoms with E-state index in [0.29, 0.717) is 0 Å². The van der Waals surface area contributed by atoms with E-state index in [1.165, 1.54) is 50.5 Å². The molecular weight excluding hydrogens is 415 g/mol. The number of unbranched alkanes of at least 4 members (excludes halogenated alkanes) is 1. The normalized spacial score (nSPS) is 15.4. The fourth-order valence-corrected chi connectivity index (χ4v) is 3.45. The van der Waals surface area contributed by atoms with E-state index in [1.807, 2.05) is 20.9 Å². The molecule has 0 amide bonds. The van der Waals surface area contributed by atoms with E-state index in [0.717, 1.165) is 42.8 Å². The number of rotatable bonds is 8. The number of aliphatic imine (C=N–C) groups is 1. The predicted molar refractivity (Wildman–Crippen MR) is 110 cm³/mol. The first kappa shape index (κ1) is 21.3. The summed E-state index contributed by atoms with van der Waals surface area (Å²) in [6, 6.07) is 0. The van der Waals surface area contributed by atoms with Gasteiger partial charge < -0.3 is 15.2 Å². The van der Waals surface area contributed by atoms with Crippen LogP contribution in [0.5, 0.6) is 0 Å². The number of halogens is 1. The van der Waals surface area contributed by atoms with E-state index in [9.17, 15) is 0 Å². The third-order valence-electron chi connectivity index (χ3n) is 4.88. The maximum Gasteiger partial charge on any atom is 0.190 e. The quantitative estimate of drug-likeness (QED) is 0.273. The van der Waals surface area contributed by atoms with Gasteiger partial charge in [-0.2, -0.15) is 0 Å². The molecule has 0 saturated heterocycles. The lowest BCUT2D eigenvalue weighted by atomic mass is 10.0. The molecule has 1 heterocycles. The lowest BCUT2D eigenvalue weighted by Gasteiger charge is -2.12. The van der Waals surface area contributed by atoms with E-state index in [1.54, 1.807) is 0 Å². The lowest BCUT2D eigenvalue weighted by molar-refractivity contribution is 0.392. The van der Waals surface area contributed by atoms with Crippen molar-refractivity contribution in [2.75, 3.05) is 20.1 Å². The van der Waals surface area contributed by atoms with Crippen LogP contribution >= 0.6 is 24.0 Å². The minimum Gasteiger partial charge on any atom is -0.361 e. The molecule has 6 heteroatoms. The molecule has 0 atom stereocenters. The van der Waals surface area contributed by atoms with Crippen molar-refractivity contribution in [2.24, 2.45) is 10.9 Å². The van der Waals surface area contributed by atoms with Gasteiger partial charge in [-0.1, -0.05) is 43.7 Å². The molecule has 5 nitrogen and oxygen atoms in total. The predicted octanol–water partition coefficient (Wildman–Crippen LogP) is 3.98. The molecule has 1 aliphatic carbocycles. The van der Waals surface area contributed by atoms with Crippen molar-refractivity contribution in [1.82, 2.24) is 15.8 Å². The van der Waals surface area contributed by atoms with Gasteiger partial charge in [-0.3, -0.25) is 4.99 Å². The van der Waals surface area contributed by atoms with Gasteiger partial charge in [0, 0.05) is 25.7 Å². The number of nitrogens with one attached hydrogen (secondary N) is 2. The Bertz CT molecular complexity index is 476. The van der Waals surface area contributed by atoms with Crippen LogP contribution in [0.25, 0.3) is 0 Å². The molecule has 0 aliphatic heterocycles. The Hall–Kier alpha value is -0.790. The average Bonchev–Trinajstić information content (AvgIpc) is 3.17. The van der Waals surface area contributed by atoms with Gasteiger partial charge in [-0.05, 0) is 32.6 Å². The summed E-state index contributed by atoms with van der Waals surface area (Å²) < 4.78 is 5.19. The SMILES string of the molecule is CN=C(NCCCCC1CCCC1)NCCc1c(C)noc1C.I. The zero-order valence-electron chi connectivity index (χ0n) is 15.4. The molecule has 0 aromatic carbocycles. The van der Waals surface area contributed by atoms with Crippen LogP contribution in [-0.2, 0) is 6.42 Å². The second-order valence-corrected chi connectivity index (χ2v) is 6.62. The van der Waals surface area contributed by atoms with Gasteiger partial charge in [0.2, 0.25) is 0 Å². The van der Waals surface area contributed by atoms with E-state index < -0.39 is 0 Å². The lowest BCUT2D eigenvalue weighted by Crippen LogP contribution is -2.38. The van der Waals surface area contributed by atoms with Crippen molar-refractivity contribution in [2.45, 2.75) is 65.2 Å².